The van der Waals surface area contributed by atoms with Crippen LogP contribution in [0, 0.1) is 0 Å². The lowest BCUT2D eigenvalue weighted by Crippen LogP contribution is -2.14. The predicted octanol–water partition coefficient (Wildman–Crippen LogP) is 3.73. The van der Waals surface area contributed by atoms with Gasteiger partial charge in [-0.2, -0.15) is 11.8 Å². The van der Waals surface area contributed by atoms with E-state index < -0.39 is 0 Å². The quantitative estimate of drug-likeness (QED) is 0.825. The Hall–Kier alpha value is -0.780. The minimum Gasteiger partial charge on any atom is -0.440 e. The average molecular weight is 308 g/mol. The van der Waals surface area contributed by atoms with Crippen LogP contribution in [0.25, 0.3) is 10.6 Å². The monoisotopic (exact) mass is 308 g/mol. The molecule has 108 valence electrons. The molecule has 20 heavy (non-hydrogen) atoms. The van der Waals surface area contributed by atoms with Crippen molar-refractivity contribution in [2.24, 2.45) is 0 Å². The number of aryl methyl sites for hydroxylation is 2. The highest BCUT2D eigenvalue weighted by molar-refractivity contribution is 7.98. The summed E-state index contributed by atoms with van der Waals surface area (Å²) in [5.74, 6) is 4.20. The molecule has 0 saturated carbocycles. The Morgan fingerprint density at radius 2 is 2.40 bits per heavy atom. The number of nitrogens with one attached hydrogen (secondary N) is 1. The second-order valence-electron chi connectivity index (χ2n) is 4.94. The number of oxazole rings is 1. The lowest BCUT2D eigenvalue weighted by molar-refractivity contribution is 0.494. The molecule has 3 heterocycles. The second-order valence-corrected chi connectivity index (χ2v) is 7.18. The molecule has 0 bridgehead atoms. The minimum atomic E-state index is 0.860. The molecule has 1 aliphatic heterocycles. The molecule has 0 amide bonds. The van der Waals surface area contributed by atoms with Crippen molar-refractivity contribution in [2.45, 2.75) is 31.9 Å². The number of aromatic nitrogens is 1. The lowest BCUT2D eigenvalue weighted by atomic mass is 10.2. The summed E-state index contributed by atoms with van der Waals surface area (Å²) in [5.41, 5.74) is 1.49. The van der Waals surface area contributed by atoms with Gasteiger partial charge in [-0.3, -0.25) is 0 Å². The summed E-state index contributed by atoms with van der Waals surface area (Å²) >= 11 is 3.89. The van der Waals surface area contributed by atoms with Gasteiger partial charge in [-0.15, -0.1) is 11.3 Å². The van der Waals surface area contributed by atoms with Gasteiger partial charge in [0.25, 0.3) is 0 Å². The fourth-order valence-electron chi connectivity index (χ4n) is 2.35. The number of rotatable bonds is 6. The summed E-state index contributed by atoms with van der Waals surface area (Å²) in [6.07, 6.45) is 5.07. The van der Waals surface area contributed by atoms with Gasteiger partial charge in [0.2, 0.25) is 0 Å². The van der Waals surface area contributed by atoms with E-state index in [0.717, 1.165) is 43.3 Å². The molecule has 0 unspecified atom stereocenters. The Morgan fingerprint density at radius 1 is 1.45 bits per heavy atom. The molecule has 1 N–H and O–H groups in total. The van der Waals surface area contributed by atoms with Crippen LogP contribution >= 0.6 is 23.1 Å². The number of fused-ring (bicyclic) bond motifs is 1. The van der Waals surface area contributed by atoms with Crippen molar-refractivity contribution < 1.29 is 4.42 Å². The van der Waals surface area contributed by atoms with Crippen molar-refractivity contribution in [1.29, 1.82) is 0 Å². The first-order valence-corrected chi connectivity index (χ1v) is 9.19. The summed E-state index contributed by atoms with van der Waals surface area (Å²) in [5, 5.41) is 3.32. The van der Waals surface area contributed by atoms with Crippen LogP contribution in [0.4, 0.5) is 0 Å². The smallest absolute Gasteiger partial charge is 0.194 e. The van der Waals surface area contributed by atoms with Crippen LogP contribution in [-0.2, 0) is 18.6 Å². The van der Waals surface area contributed by atoms with E-state index >= 15 is 0 Å². The average Bonchev–Trinajstić information content (AvgIpc) is 3.09. The fraction of sp³-hybridized carbons (Fsp3) is 0.533. The topological polar surface area (TPSA) is 38.1 Å². The molecule has 5 heteroatoms. The third kappa shape index (κ3) is 3.27. The Labute approximate surface area is 128 Å². The zero-order chi connectivity index (χ0) is 13.8. The third-order valence-corrected chi connectivity index (χ3v) is 5.68. The highest BCUT2D eigenvalue weighted by Gasteiger charge is 2.16. The van der Waals surface area contributed by atoms with Crippen LogP contribution in [0.3, 0.4) is 0 Å². The molecule has 3 nitrogen and oxygen atoms in total. The molecule has 0 fully saturated rings. The number of thiophene rings is 1. The molecule has 2 aromatic heterocycles. The van der Waals surface area contributed by atoms with E-state index in [2.05, 4.69) is 23.3 Å². The Bertz CT molecular complexity index is 538. The van der Waals surface area contributed by atoms with E-state index in [0.29, 0.717) is 0 Å². The highest BCUT2D eigenvalue weighted by atomic mass is 32.2. The maximum atomic E-state index is 5.89. The zero-order valence-electron chi connectivity index (χ0n) is 11.8. The maximum absolute atomic E-state index is 5.89. The van der Waals surface area contributed by atoms with E-state index in [1.807, 2.05) is 29.3 Å². The molecular formula is C15H20N2OS2. The minimum absolute atomic E-state index is 0.860. The van der Waals surface area contributed by atoms with Crippen molar-refractivity contribution in [2.75, 3.05) is 18.8 Å². The van der Waals surface area contributed by atoms with Gasteiger partial charge in [0.15, 0.2) is 11.7 Å². The van der Waals surface area contributed by atoms with Gasteiger partial charge in [-0.05, 0) is 43.3 Å². The van der Waals surface area contributed by atoms with Crippen molar-refractivity contribution in [1.82, 2.24) is 10.3 Å². The highest BCUT2D eigenvalue weighted by Crippen LogP contribution is 2.37. The first-order chi connectivity index (χ1) is 9.86. The number of hydrogen-bond acceptors (Lipinski definition) is 5. The molecule has 0 saturated heterocycles. The van der Waals surface area contributed by atoms with E-state index in [9.17, 15) is 0 Å². The molecule has 0 spiro atoms. The zero-order valence-corrected chi connectivity index (χ0v) is 13.4. The number of thioether (sulfide) groups is 1. The van der Waals surface area contributed by atoms with Crippen molar-refractivity contribution in [3.05, 3.63) is 28.6 Å². The summed E-state index contributed by atoms with van der Waals surface area (Å²) < 4.78 is 5.89. The van der Waals surface area contributed by atoms with Crippen LogP contribution < -0.4 is 5.32 Å². The van der Waals surface area contributed by atoms with Gasteiger partial charge in [0.1, 0.15) is 0 Å². The lowest BCUT2D eigenvalue weighted by Gasteiger charge is -2.08. The first-order valence-electron chi connectivity index (χ1n) is 7.22. The fourth-order valence-corrected chi connectivity index (χ4v) is 4.67. The standard InChI is InChI=1S/C15H20N2OS2/c1-2-16-6-3-4-15-17-9-12(18-15)14-8-11-10-19-7-5-13(11)20-14/h8-9,16H,2-7,10H2,1H3. The van der Waals surface area contributed by atoms with Crippen LogP contribution in [0.15, 0.2) is 16.7 Å². The molecule has 1 aliphatic rings. The Balaban J connectivity index is 1.65. The normalized spacial score (nSPS) is 14.4. The van der Waals surface area contributed by atoms with Gasteiger partial charge in [0.05, 0.1) is 11.1 Å². The SMILES string of the molecule is CCNCCCc1ncc(-c2cc3c(s2)CCSC3)o1. The van der Waals surface area contributed by atoms with Crippen molar-refractivity contribution >= 4 is 23.1 Å². The van der Waals surface area contributed by atoms with E-state index in [1.54, 1.807) is 0 Å². The third-order valence-electron chi connectivity index (χ3n) is 3.42. The largest absolute Gasteiger partial charge is 0.440 e. The molecule has 0 aliphatic carbocycles. The molecular weight excluding hydrogens is 288 g/mol. The van der Waals surface area contributed by atoms with Crippen LogP contribution in [0.2, 0.25) is 0 Å². The van der Waals surface area contributed by atoms with E-state index in [4.69, 9.17) is 4.42 Å². The van der Waals surface area contributed by atoms with Crippen molar-refractivity contribution in [3.63, 3.8) is 0 Å². The number of nitrogens with zero attached hydrogens (tertiary/aromatic N) is 1. The van der Waals surface area contributed by atoms with Crippen LogP contribution in [0.1, 0.15) is 29.7 Å². The molecule has 0 atom stereocenters. The molecule has 0 aromatic carbocycles. The molecule has 3 rings (SSSR count). The molecule has 0 radical (unpaired) electrons. The summed E-state index contributed by atoms with van der Waals surface area (Å²) in [4.78, 5) is 7.17. The molecule has 2 aromatic rings. The van der Waals surface area contributed by atoms with Crippen molar-refractivity contribution in [3.8, 4) is 10.6 Å². The van der Waals surface area contributed by atoms with Crippen LogP contribution in [-0.4, -0.2) is 23.8 Å². The first kappa shape index (κ1) is 14.2. The number of hydrogen-bond donors (Lipinski definition) is 1. The summed E-state index contributed by atoms with van der Waals surface area (Å²) in [6, 6.07) is 2.29. The second kappa shape index (κ2) is 6.78. The predicted molar refractivity (Wildman–Crippen MR) is 86.5 cm³/mol. The van der Waals surface area contributed by atoms with Gasteiger partial charge >= 0.3 is 0 Å². The van der Waals surface area contributed by atoms with Gasteiger partial charge in [0, 0.05) is 17.1 Å². The summed E-state index contributed by atoms with van der Waals surface area (Å²) in [6.45, 7) is 4.18. The Kier molecular flexibility index (Phi) is 4.81. The van der Waals surface area contributed by atoms with Gasteiger partial charge in [-0.1, -0.05) is 6.92 Å². The maximum Gasteiger partial charge on any atom is 0.194 e. The van der Waals surface area contributed by atoms with Gasteiger partial charge < -0.3 is 9.73 Å². The van der Waals surface area contributed by atoms with Crippen LogP contribution in [0.5, 0.6) is 0 Å². The van der Waals surface area contributed by atoms with E-state index in [-0.39, 0.29) is 0 Å². The van der Waals surface area contributed by atoms with Gasteiger partial charge in [-0.25, -0.2) is 4.98 Å². The Morgan fingerprint density at radius 3 is 3.25 bits per heavy atom. The van der Waals surface area contributed by atoms with E-state index in [1.165, 1.54) is 27.5 Å². The summed E-state index contributed by atoms with van der Waals surface area (Å²) in [7, 11) is 0.